The monoisotopic (exact) mass is 422 g/mol. The highest BCUT2D eigenvalue weighted by Crippen LogP contribution is 2.22. The van der Waals surface area contributed by atoms with Gasteiger partial charge in [-0.05, 0) is 12.1 Å². The maximum absolute atomic E-state index is 4.38. The lowest BCUT2D eigenvalue weighted by Gasteiger charge is -1.96. The Morgan fingerprint density at radius 3 is 1.59 bits per heavy atom. The molecule has 0 aliphatic heterocycles. The normalized spacial score (nSPS) is 12.1. The van der Waals surface area contributed by atoms with Gasteiger partial charge in [-0.25, -0.2) is 10.9 Å². The van der Waals surface area contributed by atoms with Gasteiger partial charge in [0.1, 0.15) is 11.0 Å². The van der Waals surface area contributed by atoms with Gasteiger partial charge in [0.2, 0.25) is 0 Å². The molecular weight excluding hydrogens is 408 g/mol. The predicted octanol–water partition coefficient (Wildman–Crippen LogP) is 2.82. The average Bonchev–Trinajstić information content (AvgIpc) is 3.38. The van der Waals surface area contributed by atoms with Crippen molar-refractivity contribution >= 4 is 68.5 Å². The maximum Gasteiger partial charge on any atom is 0.265 e. The molecule has 0 atom stereocenters. The summed E-state index contributed by atoms with van der Waals surface area (Å²) in [5, 5.41) is 26.5. The van der Waals surface area contributed by atoms with Gasteiger partial charge in [-0.15, -0.1) is 20.4 Å². The number of H-pyrrole nitrogens is 2. The van der Waals surface area contributed by atoms with Gasteiger partial charge < -0.3 is 9.97 Å². The third-order valence-electron chi connectivity index (χ3n) is 4.79. The molecule has 0 aliphatic rings. The second-order valence-electron chi connectivity index (χ2n) is 6.79. The Morgan fingerprint density at radius 2 is 1.09 bits per heavy atom. The van der Waals surface area contributed by atoms with Crippen LogP contribution in [0.2, 0.25) is 0 Å². The molecule has 0 spiro atoms. The lowest BCUT2D eigenvalue weighted by atomic mass is 10.2. The number of fused-ring (bicyclic) bond motifs is 6. The molecule has 2 aromatic carbocycles. The van der Waals surface area contributed by atoms with Crippen LogP contribution < -0.4 is 10.9 Å². The van der Waals surface area contributed by atoms with E-state index in [9.17, 15) is 0 Å². The van der Waals surface area contributed by atoms with Crippen LogP contribution >= 0.6 is 0 Å². The van der Waals surface area contributed by atoms with Crippen molar-refractivity contribution in [3.63, 3.8) is 0 Å². The van der Waals surface area contributed by atoms with E-state index in [2.05, 4.69) is 61.4 Å². The number of benzene rings is 2. The SMILES string of the molecule is C(C=NNc1nnc2c(n1)[nH]c1ccccc12)=NNc1nnc2c(n1)[nH]c1ccccc12. The predicted molar refractivity (Wildman–Crippen MR) is 123 cm³/mol. The van der Waals surface area contributed by atoms with Gasteiger partial charge in [0, 0.05) is 21.8 Å². The number of nitrogens with zero attached hydrogens (tertiary/aromatic N) is 8. The van der Waals surface area contributed by atoms with Crippen molar-refractivity contribution in [2.45, 2.75) is 0 Å². The zero-order valence-corrected chi connectivity index (χ0v) is 16.4. The molecule has 12 heteroatoms. The number of hydrogen-bond acceptors (Lipinski definition) is 10. The van der Waals surface area contributed by atoms with Crippen LogP contribution in [0.15, 0.2) is 58.7 Å². The van der Waals surface area contributed by atoms with E-state index >= 15 is 0 Å². The fourth-order valence-electron chi connectivity index (χ4n) is 3.39. The Balaban J connectivity index is 1.12. The van der Waals surface area contributed by atoms with Gasteiger partial charge in [0.25, 0.3) is 11.9 Å². The number of nitrogens with one attached hydrogen (secondary N) is 4. The fourth-order valence-corrected chi connectivity index (χ4v) is 3.39. The average molecular weight is 422 g/mol. The summed E-state index contributed by atoms with van der Waals surface area (Å²) < 4.78 is 0. The third kappa shape index (κ3) is 3.11. The molecule has 6 rings (SSSR count). The molecule has 0 aliphatic carbocycles. The topological polar surface area (TPSA) is 158 Å². The number of anilines is 2. The molecule has 0 fully saturated rings. The number of para-hydroxylation sites is 2. The summed E-state index contributed by atoms with van der Waals surface area (Å²) in [6.45, 7) is 0. The summed E-state index contributed by atoms with van der Waals surface area (Å²) in [6, 6.07) is 15.6. The number of aromatic amines is 2. The standard InChI is InChI=1S/C20H14N12/c1-3-7-13-11(5-1)15-17(23-13)25-19(31-27-15)29-21-9-10-22-30-20-26-18-16(28-32-20)12-6-2-4-8-14(12)24-18/h1-10H,(H2,23,25,29,31)(H2,24,26,30,32). The van der Waals surface area contributed by atoms with Gasteiger partial charge in [-0.1, -0.05) is 36.4 Å². The van der Waals surface area contributed by atoms with E-state index in [1.54, 1.807) is 0 Å². The molecular formula is C20H14N12. The number of aromatic nitrogens is 8. The Hall–Kier alpha value is -5.00. The molecule has 4 heterocycles. The van der Waals surface area contributed by atoms with Crippen LogP contribution in [-0.2, 0) is 0 Å². The van der Waals surface area contributed by atoms with Gasteiger partial charge >= 0.3 is 0 Å². The first-order valence-corrected chi connectivity index (χ1v) is 9.64. The molecule has 154 valence electrons. The maximum atomic E-state index is 4.38. The van der Waals surface area contributed by atoms with Crippen LogP contribution in [0.3, 0.4) is 0 Å². The lowest BCUT2D eigenvalue weighted by Crippen LogP contribution is -2.00. The first kappa shape index (κ1) is 17.8. The van der Waals surface area contributed by atoms with E-state index in [0.29, 0.717) is 22.3 Å². The highest BCUT2D eigenvalue weighted by atomic mass is 15.4. The highest BCUT2D eigenvalue weighted by Gasteiger charge is 2.09. The first-order chi connectivity index (χ1) is 15.8. The van der Waals surface area contributed by atoms with Gasteiger partial charge in [0.05, 0.1) is 12.4 Å². The largest absolute Gasteiger partial charge is 0.338 e. The summed E-state index contributed by atoms with van der Waals surface area (Å²) in [5.41, 5.74) is 10.0. The Morgan fingerprint density at radius 1 is 0.625 bits per heavy atom. The van der Waals surface area contributed by atoms with Crippen LogP contribution in [-0.4, -0.2) is 52.8 Å². The number of hydrogen-bond donors (Lipinski definition) is 4. The number of rotatable bonds is 5. The summed E-state index contributed by atoms with van der Waals surface area (Å²) >= 11 is 0. The van der Waals surface area contributed by atoms with Gasteiger partial charge in [0.15, 0.2) is 11.3 Å². The summed E-state index contributed by atoms with van der Waals surface area (Å²) in [4.78, 5) is 15.2. The molecule has 0 radical (unpaired) electrons. The minimum Gasteiger partial charge on any atom is -0.338 e. The molecule has 0 bridgehead atoms. The van der Waals surface area contributed by atoms with Crippen molar-refractivity contribution in [1.29, 1.82) is 0 Å². The Kier molecular flexibility index (Phi) is 4.10. The van der Waals surface area contributed by atoms with E-state index in [1.165, 1.54) is 12.4 Å². The van der Waals surface area contributed by atoms with E-state index in [-0.39, 0.29) is 11.9 Å². The second-order valence-corrected chi connectivity index (χ2v) is 6.79. The van der Waals surface area contributed by atoms with Crippen LogP contribution in [0.4, 0.5) is 11.9 Å². The molecule has 4 N–H and O–H groups in total. The Labute approximate surface area is 178 Å². The molecule has 0 saturated heterocycles. The van der Waals surface area contributed by atoms with Crippen molar-refractivity contribution in [3.8, 4) is 0 Å². The highest BCUT2D eigenvalue weighted by molar-refractivity contribution is 6.16. The van der Waals surface area contributed by atoms with Crippen LogP contribution in [0.25, 0.3) is 44.1 Å². The van der Waals surface area contributed by atoms with Crippen LogP contribution in [0.5, 0.6) is 0 Å². The van der Waals surface area contributed by atoms with E-state index in [4.69, 9.17) is 0 Å². The zero-order chi connectivity index (χ0) is 21.3. The zero-order valence-electron chi connectivity index (χ0n) is 16.4. The molecule has 0 saturated carbocycles. The second kappa shape index (κ2) is 7.36. The van der Waals surface area contributed by atoms with Crippen molar-refractivity contribution in [1.82, 2.24) is 40.3 Å². The quantitative estimate of drug-likeness (QED) is 0.244. The smallest absolute Gasteiger partial charge is 0.265 e. The molecule has 6 aromatic rings. The summed E-state index contributed by atoms with van der Waals surface area (Å²) in [5.74, 6) is 0.525. The van der Waals surface area contributed by atoms with E-state index in [0.717, 1.165) is 21.8 Å². The minimum atomic E-state index is 0.262. The summed E-state index contributed by atoms with van der Waals surface area (Å²) in [7, 11) is 0. The van der Waals surface area contributed by atoms with Gasteiger partial charge in [-0.3, -0.25) is 0 Å². The molecule has 32 heavy (non-hydrogen) atoms. The van der Waals surface area contributed by atoms with Crippen LogP contribution in [0, 0.1) is 0 Å². The molecule has 4 aromatic heterocycles. The fraction of sp³-hybridized carbons (Fsp3) is 0. The van der Waals surface area contributed by atoms with Gasteiger partial charge in [-0.2, -0.15) is 20.2 Å². The first-order valence-electron chi connectivity index (χ1n) is 9.64. The van der Waals surface area contributed by atoms with E-state index < -0.39 is 0 Å². The van der Waals surface area contributed by atoms with Crippen molar-refractivity contribution < 1.29 is 0 Å². The Bertz CT molecular complexity index is 1520. The van der Waals surface area contributed by atoms with Crippen molar-refractivity contribution in [2.24, 2.45) is 10.2 Å². The third-order valence-corrected chi connectivity index (χ3v) is 4.79. The summed E-state index contributed by atoms with van der Waals surface area (Å²) in [6.07, 6.45) is 2.86. The van der Waals surface area contributed by atoms with Crippen molar-refractivity contribution in [2.75, 3.05) is 10.9 Å². The van der Waals surface area contributed by atoms with E-state index in [1.807, 2.05) is 48.5 Å². The molecule has 12 nitrogen and oxygen atoms in total. The van der Waals surface area contributed by atoms with Crippen molar-refractivity contribution in [3.05, 3.63) is 48.5 Å². The minimum absolute atomic E-state index is 0.262. The van der Waals surface area contributed by atoms with Crippen LogP contribution in [0.1, 0.15) is 0 Å². The molecule has 0 unspecified atom stereocenters. The lowest BCUT2D eigenvalue weighted by molar-refractivity contribution is 1.01. The number of hydrazone groups is 2. The molecule has 0 amide bonds.